The summed E-state index contributed by atoms with van der Waals surface area (Å²) >= 11 is 0. The zero-order chi connectivity index (χ0) is 32.8. The van der Waals surface area contributed by atoms with E-state index in [0.29, 0.717) is 24.1 Å². The van der Waals surface area contributed by atoms with Crippen LogP contribution in [-0.2, 0) is 27.9 Å². The number of carbonyl (C=O) groups excluding carboxylic acids is 1. The Morgan fingerprint density at radius 3 is 1.73 bits per heavy atom. The Hall–Kier alpha value is -0.760. The van der Waals surface area contributed by atoms with E-state index in [2.05, 4.69) is 26.0 Å². The van der Waals surface area contributed by atoms with Crippen LogP contribution >= 0.6 is 7.82 Å². The first-order valence-electron chi connectivity index (χ1n) is 17.9. The normalized spacial score (nSPS) is 14.2. The van der Waals surface area contributed by atoms with Gasteiger partial charge in [0, 0.05) is 13.0 Å². The van der Waals surface area contributed by atoms with Gasteiger partial charge in [-0.15, -0.1) is 0 Å². The first-order chi connectivity index (χ1) is 21.1. The number of unbranched alkanes of at least 4 members (excludes halogenated alkanes) is 17. The van der Waals surface area contributed by atoms with Crippen LogP contribution in [0.4, 0.5) is 0 Å². The second-order valence-electron chi connectivity index (χ2n) is 13.2. The molecule has 262 valence electrons. The molecule has 0 aromatic heterocycles. The van der Waals surface area contributed by atoms with Crippen LogP contribution in [0, 0.1) is 0 Å². The molecule has 0 amide bonds. The first-order valence-corrected chi connectivity index (χ1v) is 19.4. The van der Waals surface area contributed by atoms with E-state index in [1.165, 1.54) is 89.9 Å². The Labute approximate surface area is 271 Å². The lowest BCUT2D eigenvalue weighted by Crippen LogP contribution is -2.37. The van der Waals surface area contributed by atoms with Gasteiger partial charge in [0.1, 0.15) is 19.3 Å². The number of esters is 1. The van der Waals surface area contributed by atoms with Gasteiger partial charge >= 0.3 is 5.97 Å². The number of rotatable bonds is 33. The maximum absolute atomic E-state index is 12.3. The van der Waals surface area contributed by atoms with Gasteiger partial charge in [0.25, 0.3) is 7.82 Å². The highest BCUT2D eigenvalue weighted by atomic mass is 31.2. The molecule has 2 unspecified atom stereocenters. The van der Waals surface area contributed by atoms with Crippen LogP contribution in [-0.4, -0.2) is 70.7 Å². The fourth-order valence-corrected chi connectivity index (χ4v) is 5.44. The topological polar surface area (TPSA) is 94.1 Å². The second-order valence-corrected chi connectivity index (χ2v) is 14.6. The quantitative estimate of drug-likeness (QED) is 0.0231. The lowest BCUT2D eigenvalue weighted by Gasteiger charge is -2.28. The molecule has 0 aromatic carbocycles. The average Bonchev–Trinajstić information content (AvgIpc) is 2.96. The minimum Gasteiger partial charge on any atom is -0.756 e. The van der Waals surface area contributed by atoms with Crippen molar-refractivity contribution in [2.75, 3.05) is 54.1 Å². The van der Waals surface area contributed by atoms with Gasteiger partial charge in [0.2, 0.25) is 0 Å². The number of hydrogen-bond acceptors (Lipinski definition) is 7. The van der Waals surface area contributed by atoms with Crippen molar-refractivity contribution in [3.63, 3.8) is 0 Å². The van der Waals surface area contributed by atoms with E-state index < -0.39 is 13.9 Å². The molecule has 0 rings (SSSR count). The molecular formula is C35H70NO7P. The van der Waals surface area contributed by atoms with E-state index in [-0.39, 0.29) is 25.8 Å². The number of quaternary nitrogens is 1. The highest BCUT2D eigenvalue weighted by Gasteiger charge is 2.20. The zero-order valence-electron chi connectivity index (χ0n) is 29.4. The van der Waals surface area contributed by atoms with Crippen molar-refractivity contribution in [3.8, 4) is 0 Å². The van der Waals surface area contributed by atoms with Crippen molar-refractivity contribution in [1.29, 1.82) is 0 Å². The van der Waals surface area contributed by atoms with E-state index in [0.717, 1.165) is 38.5 Å². The third-order valence-corrected chi connectivity index (χ3v) is 8.53. The number of phosphoric ester groups is 1. The van der Waals surface area contributed by atoms with Crippen molar-refractivity contribution in [2.45, 2.75) is 155 Å². The highest BCUT2D eigenvalue weighted by molar-refractivity contribution is 7.45. The lowest BCUT2D eigenvalue weighted by molar-refractivity contribution is -0.870. The fraction of sp³-hybridized carbons (Fsp3) is 0.914. The Morgan fingerprint density at radius 2 is 1.18 bits per heavy atom. The summed E-state index contributed by atoms with van der Waals surface area (Å²) in [4.78, 5) is 24.5. The molecule has 0 saturated carbocycles. The largest absolute Gasteiger partial charge is 0.756 e. The molecule has 9 heteroatoms. The van der Waals surface area contributed by atoms with Crippen LogP contribution < -0.4 is 4.89 Å². The molecule has 8 nitrogen and oxygen atoms in total. The summed E-state index contributed by atoms with van der Waals surface area (Å²) in [5, 5.41) is 0. The third kappa shape index (κ3) is 32.6. The van der Waals surface area contributed by atoms with Crippen molar-refractivity contribution in [3.05, 3.63) is 12.2 Å². The lowest BCUT2D eigenvalue weighted by atomic mass is 10.1. The fourth-order valence-electron chi connectivity index (χ4n) is 4.72. The Bertz CT molecular complexity index is 726. The summed E-state index contributed by atoms with van der Waals surface area (Å²) in [5.41, 5.74) is 0. The van der Waals surface area contributed by atoms with Crippen LogP contribution in [0.25, 0.3) is 0 Å². The summed E-state index contributed by atoms with van der Waals surface area (Å²) in [5.74, 6) is -0.353. The van der Waals surface area contributed by atoms with Crippen LogP contribution in [0.5, 0.6) is 0 Å². The minimum absolute atomic E-state index is 0.0271. The SMILES string of the molecule is CCCCCCCC/C=C\CCCCCCCCCCOCC(COP(=O)([O-])OCC[N+](C)(C)C)OC(=O)CCCCCC. The standard InChI is InChI=1S/C35H70NO7P/c1-6-8-10-12-13-14-15-16-17-18-19-20-21-22-23-24-25-27-30-40-32-34(43-35(37)28-26-11-9-7-2)33-42-44(38,39)41-31-29-36(3,4)5/h16-17,34H,6-15,18-33H2,1-5H3/b17-16-. The molecule has 0 aliphatic heterocycles. The van der Waals surface area contributed by atoms with Crippen molar-refractivity contribution < 1.29 is 37.3 Å². The number of nitrogens with zero attached hydrogens (tertiary/aromatic N) is 1. The molecule has 2 atom stereocenters. The second kappa shape index (κ2) is 29.6. The highest BCUT2D eigenvalue weighted by Crippen LogP contribution is 2.38. The Kier molecular flexibility index (Phi) is 29.1. The summed E-state index contributed by atoms with van der Waals surface area (Å²) in [7, 11) is 1.35. The van der Waals surface area contributed by atoms with Gasteiger partial charge in [0.05, 0.1) is 34.4 Å². The van der Waals surface area contributed by atoms with Crippen molar-refractivity contribution >= 4 is 13.8 Å². The molecule has 0 fully saturated rings. The van der Waals surface area contributed by atoms with Gasteiger partial charge in [-0.3, -0.25) is 9.36 Å². The smallest absolute Gasteiger partial charge is 0.306 e. The predicted molar refractivity (Wildman–Crippen MR) is 181 cm³/mol. The van der Waals surface area contributed by atoms with Crippen LogP contribution in [0.1, 0.15) is 149 Å². The summed E-state index contributed by atoms with van der Waals surface area (Å²) in [6.07, 6.45) is 28.4. The molecule has 0 aliphatic rings. The van der Waals surface area contributed by atoms with E-state index in [1.807, 2.05) is 21.1 Å². The van der Waals surface area contributed by atoms with E-state index in [9.17, 15) is 14.3 Å². The van der Waals surface area contributed by atoms with Crippen molar-refractivity contribution in [1.82, 2.24) is 0 Å². The predicted octanol–water partition coefficient (Wildman–Crippen LogP) is 8.91. The van der Waals surface area contributed by atoms with Gasteiger partial charge in [-0.1, -0.05) is 116 Å². The van der Waals surface area contributed by atoms with Crippen molar-refractivity contribution in [2.24, 2.45) is 0 Å². The maximum Gasteiger partial charge on any atom is 0.306 e. The van der Waals surface area contributed by atoms with E-state index >= 15 is 0 Å². The maximum atomic E-state index is 12.3. The van der Waals surface area contributed by atoms with Gasteiger partial charge in [-0.05, 0) is 38.5 Å². The molecule has 44 heavy (non-hydrogen) atoms. The van der Waals surface area contributed by atoms with Crippen LogP contribution in [0.3, 0.4) is 0 Å². The number of ether oxygens (including phenoxy) is 2. The number of hydrogen-bond donors (Lipinski definition) is 0. The molecule has 0 aromatic rings. The van der Waals surface area contributed by atoms with Crippen LogP contribution in [0.2, 0.25) is 0 Å². The molecule has 0 radical (unpaired) electrons. The molecule has 0 aliphatic carbocycles. The molecule has 0 spiro atoms. The molecule has 0 N–H and O–H groups in total. The van der Waals surface area contributed by atoms with Gasteiger partial charge in [-0.2, -0.15) is 0 Å². The number of carbonyl (C=O) groups is 1. The third-order valence-electron chi connectivity index (χ3n) is 7.57. The zero-order valence-corrected chi connectivity index (χ0v) is 30.3. The van der Waals surface area contributed by atoms with Crippen LogP contribution in [0.15, 0.2) is 12.2 Å². The molecule has 0 saturated heterocycles. The first kappa shape index (κ1) is 43.2. The molecule has 0 heterocycles. The average molecular weight is 648 g/mol. The molecule has 0 bridgehead atoms. The number of phosphoric acid groups is 1. The van der Waals surface area contributed by atoms with E-state index in [1.54, 1.807) is 0 Å². The number of allylic oxidation sites excluding steroid dienone is 2. The summed E-state index contributed by atoms with van der Waals surface area (Å²) < 4.78 is 34.1. The minimum atomic E-state index is -4.50. The Morgan fingerprint density at radius 1 is 0.682 bits per heavy atom. The monoisotopic (exact) mass is 647 g/mol. The number of likely N-dealkylation sites (N-methyl/N-ethyl adjacent to an activating group) is 1. The van der Waals surface area contributed by atoms with Gasteiger partial charge < -0.3 is 27.9 Å². The summed E-state index contributed by atoms with van der Waals surface area (Å²) in [6, 6.07) is 0. The van der Waals surface area contributed by atoms with Gasteiger partial charge in [0.15, 0.2) is 0 Å². The van der Waals surface area contributed by atoms with E-state index in [4.69, 9.17) is 18.5 Å². The Balaban J connectivity index is 4.04. The molecular weight excluding hydrogens is 577 g/mol. The van der Waals surface area contributed by atoms with Gasteiger partial charge in [-0.25, -0.2) is 0 Å². The summed E-state index contributed by atoms with van der Waals surface area (Å²) in [6.45, 7) is 5.27.